The molecule has 3 rings (SSSR count). The van der Waals surface area contributed by atoms with Crippen LogP contribution in [0.1, 0.15) is 50.8 Å². The molecule has 0 aliphatic heterocycles. The van der Waals surface area contributed by atoms with Gasteiger partial charge in [0.05, 0.1) is 46.5 Å². The molecule has 1 unspecified atom stereocenters. The molecule has 0 saturated carbocycles. The van der Waals surface area contributed by atoms with Crippen LogP contribution in [0, 0.1) is 16.7 Å². The zero-order chi connectivity index (χ0) is 36.0. The lowest BCUT2D eigenvalue weighted by atomic mass is 9.79. The molecular formula is C37H49N4O7P. The Labute approximate surface area is 291 Å². The third-order valence-corrected chi connectivity index (χ3v) is 10.2. The highest BCUT2D eigenvalue weighted by atomic mass is 31.2. The highest BCUT2D eigenvalue weighted by Crippen LogP contribution is 2.48. The fraction of sp³-hybridized carbons (Fsp3) is 0.432. The van der Waals surface area contributed by atoms with Gasteiger partial charge in [-0.1, -0.05) is 54.6 Å². The molecule has 0 aromatic heterocycles. The standard InChI is InChI=1S/C37H49N4O7P/c1-27(2)41(28(3)4)49(47-24-12-23-38)48-26-36(34(42)39-5,35(43)40-6)25-46-37(29-13-10-9-11-14-29,30-15-19-32(44-7)20-16-30)31-17-21-33(45-8)22-18-31/h9-11,13-22,27-28H,12,24-26H2,1-8H3,(H,39,42)(H,40,43). The summed E-state index contributed by atoms with van der Waals surface area (Å²) < 4.78 is 32.6. The molecular weight excluding hydrogens is 643 g/mol. The summed E-state index contributed by atoms with van der Waals surface area (Å²) in [5.74, 6) is 0.129. The third-order valence-electron chi connectivity index (χ3n) is 8.12. The lowest BCUT2D eigenvalue weighted by Gasteiger charge is -2.41. The number of methoxy groups -OCH3 is 2. The molecule has 0 saturated heterocycles. The van der Waals surface area contributed by atoms with Gasteiger partial charge >= 0.3 is 0 Å². The summed E-state index contributed by atoms with van der Waals surface area (Å²) in [6.07, 6.45) is 0.161. The second-order valence-electron chi connectivity index (χ2n) is 11.9. The molecule has 3 aromatic carbocycles. The Morgan fingerprint density at radius 3 is 1.63 bits per heavy atom. The van der Waals surface area contributed by atoms with Gasteiger partial charge in [0.2, 0.25) is 11.8 Å². The number of nitrogens with zero attached hydrogens (tertiary/aromatic N) is 2. The van der Waals surface area contributed by atoms with E-state index in [0.717, 1.165) is 16.7 Å². The van der Waals surface area contributed by atoms with Crippen LogP contribution in [0.3, 0.4) is 0 Å². The van der Waals surface area contributed by atoms with Gasteiger partial charge in [-0.3, -0.25) is 9.59 Å². The van der Waals surface area contributed by atoms with E-state index in [9.17, 15) is 14.9 Å². The molecule has 0 fully saturated rings. The molecule has 1 atom stereocenters. The van der Waals surface area contributed by atoms with Crippen molar-refractivity contribution in [3.05, 3.63) is 95.6 Å². The van der Waals surface area contributed by atoms with Crippen molar-refractivity contribution in [3.8, 4) is 17.6 Å². The van der Waals surface area contributed by atoms with Crippen molar-refractivity contribution in [1.82, 2.24) is 15.3 Å². The summed E-state index contributed by atoms with van der Waals surface area (Å²) in [4.78, 5) is 28.0. The Hall–Kier alpha value is -4.04. The van der Waals surface area contributed by atoms with E-state index in [1.165, 1.54) is 14.1 Å². The molecule has 12 heteroatoms. The van der Waals surface area contributed by atoms with Crippen LogP contribution < -0.4 is 20.1 Å². The SMILES string of the molecule is CNC(=O)C(COP(OCCC#N)N(C(C)C)C(C)C)(COC(c1ccccc1)(c1ccc(OC)cc1)c1ccc(OC)cc1)C(=O)NC. The van der Waals surface area contributed by atoms with Gasteiger partial charge in [-0.05, 0) is 68.7 Å². The summed E-state index contributed by atoms with van der Waals surface area (Å²) in [7, 11) is 4.35. The minimum atomic E-state index is -1.86. The predicted octanol–water partition coefficient (Wildman–Crippen LogP) is 5.78. The van der Waals surface area contributed by atoms with Gasteiger partial charge in [0.25, 0.3) is 8.53 Å². The predicted molar refractivity (Wildman–Crippen MR) is 190 cm³/mol. The number of hydrogen-bond acceptors (Lipinski definition) is 9. The van der Waals surface area contributed by atoms with Gasteiger partial charge in [0.1, 0.15) is 17.1 Å². The number of amides is 2. The topological polar surface area (TPSA) is 131 Å². The summed E-state index contributed by atoms with van der Waals surface area (Å²) in [6, 6.07) is 26.7. The highest BCUT2D eigenvalue weighted by Gasteiger charge is 2.50. The number of hydrogen-bond donors (Lipinski definition) is 2. The lowest BCUT2D eigenvalue weighted by Crippen LogP contribution is -2.56. The van der Waals surface area contributed by atoms with Crippen molar-refractivity contribution in [2.45, 2.75) is 51.8 Å². The number of nitrogens with one attached hydrogen (secondary N) is 2. The molecule has 2 N–H and O–H groups in total. The van der Waals surface area contributed by atoms with Crippen LogP contribution in [-0.2, 0) is 29.0 Å². The number of benzene rings is 3. The summed E-state index contributed by atoms with van der Waals surface area (Å²) in [5, 5.41) is 14.5. The minimum absolute atomic E-state index is 0.00900. The maximum Gasteiger partial charge on any atom is 0.259 e. The van der Waals surface area contributed by atoms with Crippen LogP contribution in [0.2, 0.25) is 0 Å². The fourth-order valence-corrected chi connectivity index (χ4v) is 7.34. The number of rotatable bonds is 19. The third kappa shape index (κ3) is 9.15. The van der Waals surface area contributed by atoms with Crippen molar-refractivity contribution < 1.29 is 32.8 Å². The van der Waals surface area contributed by atoms with Crippen LogP contribution in [0.4, 0.5) is 0 Å². The molecule has 0 aliphatic rings. The molecule has 0 radical (unpaired) electrons. The number of nitriles is 1. The minimum Gasteiger partial charge on any atom is -0.497 e. The first-order valence-corrected chi connectivity index (χ1v) is 17.3. The van der Waals surface area contributed by atoms with E-state index in [1.54, 1.807) is 14.2 Å². The summed E-state index contributed by atoms with van der Waals surface area (Å²) in [5.41, 5.74) is -0.922. The average molecular weight is 693 g/mol. The van der Waals surface area contributed by atoms with E-state index in [4.69, 9.17) is 23.3 Å². The Morgan fingerprint density at radius 1 is 0.755 bits per heavy atom. The number of carbonyl (C=O) groups excluding carboxylic acids is 2. The van der Waals surface area contributed by atoms with E-state index in [2.05, 4.69) is 16.7 Å². The molecule has 0 bridgehead atoms. The number of carbonyl (C=O) groups is 2. The van der Waals surface area contributed by atoms with Crippen LogP contribution in [0.25, 0.3) is 0 Å². The van der Waals surface area contributed by atoms with Crippen molar-refractivity contribution in [2.75, 3.05) is 48.1 Å². The molecule has 264 valence electrons. The van der Waals surface area contributed by atoms with E-state index in [0.29, 0.717) is 11.5 Å². The second-order valence-corrected chi connectivity index (χ2v) is 13.3. The highest BCUT2D eigenvalue weighted by molar-refractivity contribution is 7.44. The van der Waals surface area contributed by atoms with E-state index in [-0.39, 0.29) is 38.3 Å². The van der Waals surface area contributed by atoms with Gasteiger partial charge in [-0.15, -0.1) is 0 Å². The molecule has 3 aromatic rings. The smallest absolute Gasteiger partial charge is 0.259 e. The van der Waals surface area contributed by atoms with Gasteiger partial charge < -0.3 is 33.9 Å². The zero-order valence-electron chi connectivity index (χ0n) is 29.7. The Bertz CT molecular complexity index is 1440. The van der Waals surface area contributed by atoms with E-state index < -0.39 is 31.4 Å². The molecule has 0 spiro atoms. The van der Waals surface area contributed by atoms with Gasteiger partial charge in [0, 0.05) is 26.2 Å². The van der Waals surface area contributed by atoms with E-state index >= 15 is 0 Å². The Morgan fingerprint density at radius 2 is 1.22 bits per heavy atom. The van der Waals surface area contributed by atoms with Crippen LogP contribution in [0.15, 0.2) is 78.9 Å². The Kier molecular flexibility index (Phi) is 15.0. The normalized spacial score (nSPS) is 12.4. The first kappa shape index (κ1) is 39.4. The monoisotopic (exact) mass is 692 g/mol. The van der Waals surface area contributed by atoms with Gasteiger partial charge in [0.15, 0.2) is 5.41 Å². The van der Waals surface area contributed by atoms with Crippen molar-refractivity contribution in [3.63, 3.8) is 0 Å². The van der Waals surface area contributed by atoms with Crippen LogP contribution in [0.5, 0.6) is 11.5 Å². The maximum atomic E-state index is 14.0. The van der Waals surface area contributed by atoms with Crippen molar-refractivity contribution in [2.24, 2.45) is 5.41 Å². The van der Waals surface area contributed by atoms with Gasteiger partial charge in [-0.2, -0.15) is 5.26 Å². The first-order valence-electron chi connectivity index (χ1n) is 16.2. The molecule has 49 heavy (non-hydrogen) atoms. The van der Waals surface area contributed by atoms with Crippen molar-refractivity contribution in [1.29, 1.82) is 5.26 Å². The molecule has 2 amide bonds. The largest absolute Gasteiger partial charge is 0.497 e. The second kappa shape index (κ2) is 18.6. The first-order chi connectivity index (χ1) is 23.5. The lowest BCUT2D eigenvalue weighted by molar-refractivity contribution is -0.154. The van der Waals surface area contributed by atoms with E-state index in [1.807, 2.05) is 111 Å². The van der Waals surface area contributed by atoms with Crippen molar-refractivity contribution >= 4 is 20.3 Å². The van der Waals surface area contributed by atoms with Crippen LogP contribution in [-0.4, -0.2) is 76.7 Å². The number of ether oxygens (including phenoxy) is 3. The zero-order valence-corrected chi connectivity index (χ0v) is 30.6. The van der Waals surface area contributed by atoms with Gasteiger partial charge in [-0.25, -0.2) is 4.67 Å². The Balaban J connectivity index is 2.23. The summed E-state index contributed by atoms with van der Waals surface area (Å²) in [6.45, 7) is 7.43. The maximum absolute atomic E-state index is 14.0. The summed E-state index contributed by atoms with van der Waals surface area (Å²) >= 11 is 0. The molecule has 0 aliphatic carbocycles. The molecule has 11 nitrogen and oxygen atoms in total. The molecule has 0 heterocycles. The average Bonchev–Trinajstić information content (AvgIpc) is 3.12. The quantitative estimate of drug-likeness (QED) is 0.0695. The fourth-order valence-electron chi connectivity index (χ4n) is 5.67. The van der Waals surface area contributed by atoms with Crippen LogP contribution >= 0.6 is 8.53 Å².